The number of nitrogens with zero attached hydrogens (tertiary/aromatic N) is 1. The van der Waals surface area contributed by atoms with Crippen LogP contribution in [0, 0.1) is 11.3 Å². The van der Waals surface area contributed by atoms with Crippen molar-refractivity contribution in [3.63, 3.8) is 0 Å². The third-order valence-corrected chi connectivity index (χ3v) is 6.67. The topological polar surface area (TPSA) is 29.4 Å². The molecule has 0 amide bonds. The van der Waals surface area contributed by atoms with Crippen molar-refractivity contribution >= 4 is 9.73 Å². The standard InChI is InChI=1S/C18H27NOS/c1-18(2,3)16-12-10-15(11-13-16)14-21(20,19-4)17-8-6-5-7-9-17/h5-9,14,16H,10-13H2,1-4H3. The van der Waals surface area contributed by atoms with E-state index < -0.39 is 9.73 Å². The lowest BCUT2D eigenvalue weighted by atomic mass is 9.71. The average Bonchev–Trinajstić information content (AvgIpc) is 2.47. The van der Waals surface area contributed by atoms with Crippen LogP contribution in [0.3, 0.4) is 0 Å². The Morgan fingerprint density at radius 2 is 1.71 bits per heavy atom. The molecule has 3 heteroatoms. The first kappa shape index (κ1) is 16.3. The van der Waals surface area contributed by atoms with Gasteiger partial charge in [-0.25, -0.2) is 8.57 Å². The summed E-state index contributed by atoms with van der Waals surface area (Å²) in [6.07, 6.45) is 4.51. The van der Waals surface area contributed by atoms with Gasteiger partial charge in [0.05, 0.1) is 14.6 Å². The maximum atomic E-state index is 13.1. The summed E-state index contributed by atoms with van der Waals surface area (Å²) in [6, 6.07) is 9.62. The number of hydrogen-bond acceptors (Lipinski definition) is 2. The zero-order valence-electron chi connectivity index (χ0n) is 13.6. The summed E-state index contributed by atoms with van der Waals surface area (Å²) in [5.74, 6) is 0.765. The largest absolute Gasteiger partial charge is 0.240 e. The minimum absolute atomic E-state index is 0.376. The van der Waals surface area contributed by atoms with Crippen molar-refractivity contribution in [2.45, 2.75) is 51.3 Å². The van der Waals surface area contributed by atoms with Gasteiger partial charge in [-0.05, 0) is 49.1 Å². The molecule has 1 fully saturated rings. The van der Waals surface area contributed by atoms with Crippen molar-refractivity contribution < 1.29 is 4.21 Å². The molecule has 0 aromatic heterocycles. The highest BCUT2D eigenvalue weighted by Crippen LogP contribution is 2.40. The van der Waals surface area contributed by atoms with Gasteiger partial charge in [0.2, 0.25) is 0 Å². The van der Waals surface area contributed by atoms with Crippen molar-refractivity contribution in [3.8, 4) is 0 Å². The lowest BCUT2D eigenvalue weighted by Gasteiger charge is -2.34. The highest BCUT2D eigenvalue weighted by Gasteiger charge is 2.27. The summed E-state index contributed by atoms with van der Waals surface area (Å²) in [5, 5.41) is 1.95. The van der Waals surface area contributed by atoms with Gasteiger partial charge in [-0.1, -0.05) is 44.5 Å². The van der Waals surface area contributed by atoms with Crippen molar-refractivity contribution in [1.29, 1.82) is 0 Å². The molecule has 1 aliphatic carbocycles. The van der Waals surface area contributed by atoms with Crippen LogP contribution in [0.15, 0.2) is 50.6 Å². The first-order valence-electron chi connectivity index (χ1n) is 7.75. The van der Waals surface area contributed by atoms with Gasteiger partial charge >= 0.3 is 0 Å². The van der Waals surface area contributed by atoms with Crippen LogP contribution in [0.1, 0.15) is 46.5 Å². The summed E-state index contributed by atoms with van der Waals surface area (Å²) < 4.78 is 17.3. The summed E-state index contributed by atoms with van der Waals surface area (Å²) in [4.78, 5) is 0.818. The maximum absolute atomic E-state index is 13.1. The lowest BCUT2D eigenvalue weighted by Crippen LogP contribution is -2.23. The van der Waals surface area contributed by atoms with Crippen LogP contribution in [-0.2, 0) is 9.73 Å². The second kappa shape index (κ2) is 6.35. The van der Waals surface area contributed by atoms with E-state index in [2.05, 4.69) is 25.1 Å². The van der Waals surface area contributed by atoms with E-state index in [1.165, 1.54) is 18.4 Å². The fourth-order valence-electron chi connectivity index (χ4n) is 3.04. The van der Waals surface area contributed by atoms with Crippen LogP contribution in [-0.4, -0.2) is 11.3 Å². The van der Waals surface area contributed by atoms with Gasteiger partial charge < -0.3 is 0 Å². The Bertz CT molecular complexity index is 606. The molecular weight excluding hydrogens is 278 g/mol. The molecule has 0 aliphatic heterocycles. The minimum atomic E-state index is -2.40. The van der Waals surface area contributed by atoms with Gasteiger partial charge in [-0.15, -0.1) is 0 Å². The number of benzene rings is 1. The number of rotatable bonds is 2. The zero-order chi connectivity index (χ0) is 15.5. The van der Waals surface area contributed by atoms with Crippen molar-refractivity contribution in [1.82, 2.24) is 0 Å². The second-order valence-corrected chi connectivity index (χ2v) is 9.19. The monoisotopic (exact) mass is 305 g/mol. The van der Waals surface area contributed by atoms with Crippen LogP contribution in [0.25, 0.3) is 0 Å². The Morgan fingerprint density at radius 3 is 2.19 bits per heavy atom. The SMILES string of the molecule is CN=S(=O)(C=C1CCC(C(C)(C)C)CC1)c1ccccc1. The van der Waals surface area contributed by atoms with E-state index in [4.69, 9.17) is 0 Å². The summed E-state index contributed by atoms with van der Waals surface area (Å²) in [7, 11) is -0.735. The third kappa shape index (κ3) is 3.97. The molecule has 0 spiro atoms. The van der Waals surface area contributed by atoms with Crippen molar-refractivity contribution in [2.75, 3.05) is 7.05 Å². The van der Waals surface area contributed by atoms with Crippen molar-refractivity contribution in [3.05, 3.63) is 41.3 Å². The smallest absolute Gasteiger partial charge is 0.0966 e. The molecule has 0 heterocycles. The van der Waals surface area contributed by atoms with Crippen LogP contribution < -0.4 is 0 Å². The highest BCUT2D eigenvalue weighted by molar-refractivity contribution is 7.96. The van der Waals surface area contributed by atoms with Gasteiger partial charge in [-0.2, -0.15) is 0 Å². The van der Waals surface area contributed by atoms with Gasteiger partial charge in [0, 0.05) is 12.5 Å². The Kier molecular flexibility index (Phi) is 4.92. The lowest BCUT2D eigenvalue weighted by molar-refractivity contribution is 0.197. The van der Waals surface area contributed by atoms with Crippen LogP contribution in [0.2, 0.25) is 0 Å². The summed E-state index contributed by atoms with van der Waals surface area (Å²) >= 11 is 0. The third-order valence-electron chi connectivity index (χ3n) is 4.53. The molecule has 0 bridgehead atoms. The molecule has 1 unspecified atom stereocenters. The second-order valence-electron chi connectivity index (χ2n) is 6.98. The Labute approximate surface area is 129 Å². The zero-order valence-corrected chi connectivity index (χ0v) is 14.5. The molecular formula is C18H27NOS. The quantitative estimate of drug-likeness (QED) is 0.732. The molecule has 21 heavy (non-hydrogen) atoms. The molecule has 2 nitrogen and oxygen atoms in total. The maximum Gasteiger partial charge on any atom is 0.0966 e. The normalized spacial score (nSPS) is 22.5. The fraction of sp³-hybridized carbons (Fsp3) is 0.556. The van der Waals surface area contributed by atoms with Gasteiger partial charge in [0.15, 0.2) is 0 Å². The van der Waals surface area contributed by atoms with Crippen molar-refractivity contribution in [2.24, 2.45) is 15.7 Å². The first-order valence-corrected chi connectivity index (χ1v) is 9.33. The van der Waals surface area contributed by atoms with Gasteiger partial charge in [0.1, 0.15) is 0 Å². The summed E-state index contributed by atoms with van der Waals surface area (Å²) in [5.41, 5.74) is 1.69. The molecule has 0 saturated heterocycles. The number of hydrogen-bond donors (Lipinski definition) is 0. The van der Waals surface area contributed by atoms with Crippen LogP contribution >= 0.6 is 0 Å². The van der Waals surface area contributed by atoms with E-state index >= 15 is 0 Å². The van der Waals surface area contributed by atoms with E-state index in [9.17, 15) is 4.21 Å². The van der Waals surface area contributed by atoms with Crippen LogP contribution in [0.5, 0.6) is 0 Å². The van der Waals surface area contributed by atoms with E-state index in [1.54, 1.807) is 7.05 Å². The minimum Gasteiger partial charge on any atom is -0.240 e. The molecule has 0 N–H and O–H groups in total. The molecule has 1 aromatic carbocycles. The molecule has 1 atom stereocenters. The average molecular weight is 305 g/mol. The predicted molar refractivity (Wildman–Crippen MR) is 90.7 cm³/mol. The van der Waals surface area contributed by atoms with Gasteiger partial charge in [-0.3, -0.25) is 0 Å². The van der Waals surface area contributed by atoms with E-state index in [-0.39, 0.29) is 0 Å². The molecule has 1 aliphatic rings. The predicted octanol–water partition coefficient (Wildman–Crippen LogP) is 5.26. The Morgan fingerprint density at radius 1 is 1.14 bits per heavy atom. The Balaban J connectivity index is 2.19. The van der Waals surface area contributed by atoms with E-state index in [0.717, 1.165) is 23.7 Å². The number of allylic oxidation sites excluding steroid dienone is 1. The molecule has 1 saturated carbocycles. The first-order chi connectivity index (χ1) is 9.85. The summed E-state index contributed by atoms with van der Waals surface area (Å²) in [6.45, 7) is 6.96. The molecule has 2 rings (SSSR count). The van der Waals surface area contributed by atoms with Crippen LogP contribution in [0.4, 0.5) is 0 Å². The highest BCUT2D eigenvalue weighted by atomic mass is 32.2. The molecule has 0 radical (unpaired) electrons. The van der Waals surface area contributed by atoms with E-state index in [0.29, 0.717) is 5.41 Å². The Hall–Kier alpha value is -1.09. The molecule has 116 valence electrons. The van der Waals surface area contributed by atoms with E-state index in [1.807, 2.05) is 35.7 Å². The fourth-order valence-corrected chi connectivity index (χ4v) is 4.73. The van der Waals surface area contributed by atoms with Gasteiger partial charge in [0.25, 0.3) is 0 Å². The molecule has 1 aromatic rings.